The van der Waals surface area contributed by atoms with Crippen molar-refractivity contribution in [3.63, 3.8) is 0 Å². The van der Waals surface area contributed by atoms with Crippen molar-refractivity contribution in [1.29, 1.82) is 0 Å². The Bertz CT molecular complexity index is 893. The van der Waals surface area contributed by atoms with Gasteiger partial charge in [-0.1, -0.05) is 18.2 Å². The molecular weight excluding hydrogens is 350 g/mol. The molecule has 0 amide bonds. The SMILES string of the molecule is NCc1ccc2c(c1)OCCN2Cc1ccc(S(=O)(=O)NC2CC2)cc1. The first-order chi connectivity index (χ1) is 12.5. The van der Waals surface area contributed by atoms with Gasteiger partial charge in [0.05, 0.1) is 17.1 Å². The van der Waals surface area contributed by atoms with Gasteiger partial charge < -0.3 is 15.4 Å². The number of ether oxygens (including phenoxy) is 1. The molecule has 4 rings (SSSR count). The zero-order chi connectivity index (χ0) is 18.1. The maximum atomic E-state index is 12.3. The lowest BCUT2D eigenvalue weighted by molar-refractivity contribution is 0.306. The summed E-state index contributed by atoms with van der Waals surface area (Å²) in [4.78, 5) is 2.56. The van der Waals surface area contributed by atoms with Crippen LogP contribution in [-0.4, -0.2) is 27.6 Å². The van der Waals surface area contributed by atoms with E-state index >= 15 is 0 Å². The number of fused-ring (bicyclic) bond motifs is 1. The highest BCUT2D eigenvalue weighted by Crippen LogP contribution is 2.33. The molecule has 0 radical (unpaired) electrons. The lowest BCUT2D eigenvalue weighted by Crippen LogP contribution is -2.32. The van der Waals surface area contributed by atoms with Crippen LogP contribution in [0.15, 0.2) is 47.4 Å². The first kappa shape index (κ1) is 17.3. The molecule has 0 saturated heterocycles. The first-order valence-electron chi connectivity index (χ1n) is 8.87. The zero-order valence-corrected chi connectivity index (χ0v) is 15.3. The van der Waals surface area contributed by atoms with E-state index in [4.69, 9.17) is 10.5 Å². The minimum atomic E-state index is -3.40. The van der Waals surface area contributed by atoms with Crippen molar-refractivity contribution in [3.05, 3.63) is 53.6 Å². The summed E-state index contributed by atoms with van der Waals surface area (Å²) in [7, 11) is -3.40. The van der Waals surface area contributed by atoms with Crippen molar-refractivity contribution in [2.24, 2.45) is 5.73 Å². The molecule has 1 heterocycles. The van der Waals surface area contributed by atoms with Crippen LogP contribution in [0.2, 0.25) is 0 Å². The smallest absolute Gasteiger partial charge is 0.240 e. The number of nitrogens with two attached hydrogens (primary N) is 1. The van der Waals surface area contributed by atoms with Crippen LogP contribution < -0.4 is 20.1 Å². The summed E-state index contributed by atoms with van der Waals surface area (Å²) in [5.41, 5.74) is 8.85. The summed E-state index contributed by atoms with van der Waals surface area (Å²) in [5, 5.41) is 0. The molecule has 26 heavy (non-hydrogen) atoms. The number of benzene rings is 2. The normalized spacial score (nSPS) is 16.9. The summed E-state index contributed by atoms with van der Waals surface area (Å²) >= 11 is 0. The minimum absolute atomic E-state index is 0.114. The fourth-order valence-corrected chi connectivity index (χ4v) is 4.40. The van der Waals surface area contributed by atoms with E-state index in [2.05, 4.69) is 9.62 Å². The molecular formula is C19H23N3O3S. The Labute approximate surface area is 154 Å². The molecule has 0 bridgehead atoms. The largest absolute Gasteiger partial charge is 0.490 e. The quantitative estimate of drug-likeness (QED) is 0.809. The lowest BCUT2D eigenvalue weighted by atomic mass is 10.1. The monoisotopic (exact) mass is 373 g/mol. The maximum Gasteiger partial charge on any atom is 0.240 e. The second kappa shape index (κ2) is 6.90. The van der Waals surface area contributed by atoms with Gasteiger partial charge in [0, 0.05) is 19.1 Å². The van der Waals surface area contributed by atoms with Gasteiger partial charge >= 0.3 is 0 Å². The fourth-order valence-electron chi connectivity index (χ4n) is 3.10. The van der Waals surface area contributed by atoms with Crippen LogP contribution in [0.1, 0.15) is 24.0 Å². The van der Waals surface area contributed by atoms with Crippen molar-refractivity contribution < 1.29 is 13.2 Å². The number of hydrogen-bond donors (Lipinski definition) is 2. The van der Waals surface area contributed by atoms with Gasteiger partial charge in [0.2, 0.25) is 10.0 Å². The van der Waals surface area contributed by atoms with Gasteiger partial charge in [0.25, 0.3) is 0 Å². The summed E-state index contributed by atoms with van der Waals surface area (Å²) in [6, 6.07) is 13.3. The van der Waals surface area contributed by atoms with Gasteiger partial charge in [0.15, 0.2) is 0 Å². The number of rotatable bonds is 6. The summed E-state index contributed by atoms with van der Waals surface area (Å²) in [6.45, 7) is 2.60. The van der Waals surface area contributed by atoms with Gasteiger partial charge in [0.1, 0.15) is 12.4 Å². The Hall–Kier alpha value is -2.09. The number of sulfonamides is 1. The number of anilines is 1. The summed E-state index contributed by atoms with van der Waals surface area (Å²) in [5.74, 6) is 0.854. The number of hydrogen-bond acceptors (Lipinski definition) is 5. The van der Waals surface area contributed by atoms with E-state index < -0.39 is 10.0 Å². The van der Waals surface area contributed by atoms with E-state index in [0.29, 0.717) is 24.6 Å². The Morgan fingerprint density at radius 2 is 1.85 bits per heavy atom. The molecule has 7 heteroatoms. The van der Waals surface area contributed by atoms with E-state index in [0.717, 1.165) is 42.0 Å². The van der Waals surface area contributed by atoms with E-state index in [1.165, 1.54) is 0 Å². The Kier molecular flexibility index (Phi) is 4.60. The topological polar surface area (TPSA) is 84.7 Å². The van der Waals surface area contributed by atoms with Gasteiger partial charge in [-0.05, 0) is 48.2 Å². The second-order valence-electron chi connectivity index (χ2n) is 6.82. The van der Waals surface area contributed by atoms with Crippen molar-refractivity contribution in [3.8, 4) is 5.75 Å². The lowest BCUT2D eigenvalue weighted by Gasteiger charge is -2.31. The molecule has 6 nitrogen and oxygen atoms in total. The van der Waals surface area contributed by atoms with Gasteiger partial charge in [-0.2, -0.15) is 0 Å². The third-order valence-electron chi connectivity index (χ3n) is 4.73. The molecule has 0 atom stereocenters. The molecule has 0 spiro atoms. The highest BCUT2D eigenvalue weighted by Gasteiger charge is 2.28. The number of nitrogens with one attached hydrogen (secondary N) is 1. The van der Waals surface area contributed by atoms with Crippen molar-refractivity contribution in [1.82, 2.24) is 4.72 Å². The molecule has 1 saturated carbocycles. The van der Waals surface area contributed by atoms with Crippen LogP contribution in [-0.2, 0) is 23.1 Å². The Morgan fingerprint density at radius 3 is 2.54 bits per heavy atom. The molecule has 2 aromatic rings. The predicted octanol–water partition coefficient (Wildman–Crippen LogP) is 1.98. The standard InChI is InChI=1S/C19H23N3O3S/c20-12-15-3-8-18-19(11-15)25-10-9-22(18)13-14-1-6-17(7-2-14)26(23,24)21-16-4-5-16/h1-3,6-8,11,16,21H,4-5,9-10,12-13,20H2. The van der Waals surface area contributed by atoms with Crippen molar-refractivity contribution in [2.45, 2.75) is 36.9 Å². The van der Waals surface area contributed by atoms with Crippen LogP contribution >= 0.6 is 0 Å². The number of nitrogens with zero attached hydrogens (tertiary/aromatic N) is 1. The Morgan fingerprint density at radius 1 is 1.12 bits per heavy atom. The van der Waals surface area contributed by atoms with Crippen molar-refractivity contribution >= 4 is 15.7 Å². The predicted molar refractivity (Wildman–Crippen MR) is 101 cm³/mol. The van der Waals surface area contributed by atoms with Gasteiger partial charge in [-0.15, -0.1) is 0 Å². The van der Waals surface area contributed by atoms with Gasteiger partial charge in [-0.25, -0.2) is 13.1 Å². The third-order valence-corrected chi connectivity index (χ3v) is 6.26. The molecule has 3 N–H and O–H groups in total. The van der Waals surface area contributed by atoms with E-state index in [1.807, 2.05) is 30.3 Å². The van der Waals surface area contributed by atoms with Gasteiger partial charge in [-0.3, -0.25) is 0 Å². The third kappa shape index (κ3) is 3.70. The zero-order valence-electron chi connectivity index (χ0n) is 14.5. The second-order valence-corrected chi connectivity index (χ2v) is 8.53. The molecule has 1 aliphatic carbocycles. The van der Waals surface area contributed by atoms with Crippen LogP contribution in [0.25, 0.3) is 0 Å². The highest BCUT2D eigenvalue weighted by atomic mass is 32.2. The molecule has 2 aliphatic rings. The van der Waals surface area contributed by atoms with E-state index in [9.17, 15) is 8.42 Å². The van der Waals surface area contributed by atoms with Crippen molar-refractivity contribution in [2.75, 3.05) is 18.1 Å². The highest BCUT2D eigenvalue weighted by molar-refractivity contribution is 7.89. The van der Waals surface area contributed by atoms with Crippen LogP contribution in [0.5, 0.6) is 5.75 Å². The Balaban J connectivity index is 1.50. The summed E-state index contributed by atoms with van der Waals surface area (Å²) < 4.78 is 33.0. The average molecular weight is 373 g/mol. The molecule has 0 unspecified atom stereocenters. The summed E-state index contributed by atoms with van der Waals surface area (Å²) in [6.07, 6.45) is 1.86. The van der Waals surface area contributed by atoms with E-state index in [-0.39, 0.29) is 6.04 Å². The minimum Gasteiger partial charge on any atom is -0.490 e. The molecule has 138 valence electrons. The molecule has 2 aromatic carbocycles. The average Bonchev–Trinajstić information content (AvgIpc) is 3.45. The molecule has 1 aliphatic heterocycles. The molecule has 0 aromatic heterocycles. The first-order valence-corrected chi connectivity index (χ1v) is 10.4. The fraction of sp³-hybridized carbons (Fsp3) is 0.368. The van der Waals surface area contributed by atoms with E-state index in [1.54, 1.807) is 12.1 Å². The van der Waals surface area contributed by atoms with Crippen LogP contribution in [0.3, 0.4) is 0 Å². The van der Waals surface area contributed by atoms with Crippen LogP contribution in [0, 0.1) is 0 Å². The maximum absolute atomic E-state index is 12.3. The van der Waals surface area contributed by atoms with Crippen LogP contribution in [0.4, 0.5) is 5.69 Å². The molecule has 1 fully saturated rings.